The van der Waals surface area contributed by atoms with Crippen LogP contribution in [0.15, 0.2) is 33.8 Å². The molecule has 0 aliphatic heterocycles. The monoisotopic (exact) mass is 331 g/mol. The molecule has 0 aliphatic rings. The molecule has 0 unspecified atom stereocenters. The van der Waals surface area contributed by atoms with Gasteiger partial charge < -0.3 is 4.42 Å². The summed E-state index contributed by atoms with van der Waals surface area (Å²) in [6, 6.07) is 6.21. The Labute approximate surface area is 136 Å². The second-order valence-electron chi connectivity index (χ2n) is 4.81. The quantitative estimate of drug-likeness (QED) is 0.719. The number of halogens is 1. The fraction of sp³-hybridized carbons (Fsp3) is 0.200. The van der Waals surface area contributed by atoms with E-state index in [9.17, 15) is 4.39 Å². The molecule has 118 valence electrons. The Morgan fingerprint density at radius 2 is 2.00 bits per heavy atom. The van der Waals surface area contributed by atoms with Crippen molar-refractivity contribution in [2.45, 2.75) is 24.3 Å². The van der Waals surface area contributed by atoms with Crippen LogP contribution in [0.25, 0.3) is 12.2 Å². The number of nitrogens with one attached hydrogen (secondary N) is 1. The summed E-state index contributed by atoms with van der Waals surface area (Å²) < 4.78 is 18.2. The zero-order chi connectivity index (χ0) is 16.2. The van der Waals surface area contributed by atoms with Crippen LogP contribution in [0.1, 0.15) is 35.3 Å². The molecular formula is C15H14FN5OS. The molecule has 3 aromatic rings. The normalized spacial score (nSPS) is 12.8. The molecule has 2 aromatic heterocycles. The van der Waals surface area contributed by atoms with Crippen LogP contribution in [0.3, 0.4) is 0 Å². The van der Waals surface area contributed by atoms with Gasteiger partial charge in [-0.25, -0.2) is 9.37 Å². The van der Waals surface area contributed by atoms with Crippen LogP contribution in [0.4, 0.5) is 4.39 Å². The molecule has 0 spiro atoms. The Kier molecular flexibility index (Phi) is 4.52. The van der Waals surface area contributed by atoms with E-state index in [-0.39, 0.29) is 11.1 Å². The molecule has 0 fully saturated rings. The van der Waals surface area contributed by atoms with Gasteiger partial charge in [-0.1, -0.05) is 30.0 Å². The minimum atomic E-state index is -0.259. The third-order valence-corrected chi connectivity index (χ3v) is 3.91. The van der Waals surface area contributed by atoms with Crippen molar-refractivity contribution >= 4 is 23.9 Å². The first kappa shape index (κ1) is 15.4. The largest absolute Gasteiger partial charge is 0.424 e. The number of rotatable bonds is 5. The summed E-state index contributed by atoms with van der Waals surface area (Å²) in [7, 11) is 0. The average Bonchev–Trinajstić information content (AvgIpc) is 3.16. The molecule has 1 atom stereocenters. The van der Waals surface area contributed by atoms with E-state index in [0.29, 0.717) is 22.8 Å². The number of benzene rings is 1. The van der Waals surface area contributed by atoms with E-state index >= 15 is 0 Å². The third-order valence-electron chi connectivity index (χ3n) is 2.96. The summed E-state index contributed by atoms with van der Waals surface area (Å²) in [6.07, 6.45) is 3.62. The maximum absolute atomic E-state index is 12.8. The molecule has 0 saturated carbocycles. The highest BCUT2D eigenvalue weighted by molar-refractivity contribution is 7.99. The Balaban J connectivity index is 1.64. The van der Waals surface area contributed by atoms with Crippen molar-refractivity contribution in [1.82, 2.24) is 25.4 Å². The number of thioether (sulfide) groups is 1. The van der Waals surface area contributed by atoms with Gasteiger partial charge >= 0.3 is 0 Å². The van der Waals surface area contributed by atoms with Crippen molar-refractivity contribution in [3.8, 4) is 0 Å². The second kappa shape index (κ2) is 6.74. The number of aryl methyl sites for hydroxylation is 1. The first-order valence-electron chi connectivity index (χ1n) is 6.93. The van der Waals surface area contributed by atoms with Crippen molar-refractivity contribution < 1.29 is 8.81 Å². The fourth-order valence-corrected chi connectivity index (χ4v) is 2.58. The van der Waals surface area contributed by atoms with Gasteiger partial charge in [-0.15, -0.1) is 15.3 Å². The van der Waals surface area contributed by atoms with Crippen LogP contribution in [0, 0.1) is 12.7 Å². The SMILES string of the molecule is Cc1nnc([C@@H](C)Sc2n[nH]c(/C=C/c3ccc(F)cc3)n2)o1. The molecule has 0 saturated heterocycles. The van der Waals surface area contributed by atoms with E-state index in [2.05, 4.69) is 25.4 Å². The van der Waals surface area contributed by atoms with Gasteiger partial charge in [0, 0.05) is 6.92 Å². The Morgan fingerprint density at radius 1 is 1.22 bits per heavy atom. The Bertz CT molecular complexity index is 811. The maximum atomic E-state index is 12.8. The first-order chi connectivity index (χ1) is 11.1. The van der Waals surface area contributed by atoms with Crippen molar-refractivity contribution in [1.29, 1.82) is 0 Å². The van der Waals surface area contributed by atoms with Crippen molar-refractivity contribution in [2.24, 2.45) is 0 Å². The van der Waals surface area contributed by atoms with Gasteiger partial charge in [0.15, 0.2) is 0 Å². The summed E-state index contributed by atoms with van der Waals surface area (Å²) in [4.78, 5) is 4.36. The zero-order valence-corrected chi connectivity index (χ0v) is 13.3. The number of hydrogen-bond donors (Lipinski definition) is 1. The van der Waals surface area contributed by atoms with Crippen LogP contribution < -0.4 is 0 Å². The van der Waals surface area contributed by atoms with E-state index in [1.54, 1.807) is 25.1 Å². The van der Waals surface area contributed by atoms with Crippen molar-refractivity contribution in [3.05, 3.63) is 53.3 Å². The van der Waals surface area contributed by atoms with Gasteiger partial charge in [0.25, 0.3) is 0 Å². The number of hydrogen-bond acceptors (Lipinski definition) is 6. The fourth-order valence-electron chi connectivity index (χ4n) is 1.82. The summed E-state index contributed by atoms with van der Waals surface area (Å²) >= 11 is 1.42. The lowest BCUT2D eigenvalue weighted by Crippen LogP contribution is -1.89. The highest BCUT2D eigenvalue weighted by Crippen LogP contribution is 2.31. The Hall–Kier alpha value is -2.48. The van der Waals surface area contributed by atoms with Gasteiger partial charge in [-0.3, -0.25) is 5.10 Å². The van der Waals surface area contributed by atoms with Crippen LogP contribution >= 0.6 is 11.8 Å². The lowest BCUT2D eigenvalue weighted by atomic mass is 10.2. The molecule has 0 aliphatic carbocycles. The van der Waals surface area contributed by atoms with Crippen LogP contribution in [-0.2, 0) is 0 Å². The molecular weight excluding hydrogens is 317 g/mol. The van der Waals surface area contributed by atoms with Gasteiger partial charge in [0.05, 0.1) is 5.25 Å². The van der Waals surface area contributed by atoms with E-state index in [1.165, 1.54) is 23.9 Å². The van der Waals surface area contributed by atoms with Crippen LogP contribution in [0.2, 0.25) is 0 Å². The topological polar surface area (TPSA) is 80.5 Å². The molecule has 6 nitrogen and oxygen atoms in total. The number of H-pyrrole nitrogens is 1. The molecule has 0 bridgehead atoms. The molecule has 23 heavy (non-hydrogen) atoms. The number of nitrogens with zero attached hydrogens (tertiary/aromatic N) is 4. The summed E-state index contributed by atoms with van der Waals surface area (Å²) in [5, 5.41) is 15.3. The second-order valence-corrected chi connectivity index (χ2v) is 6.12. The van der Waals surface area contributed by atoms with Gasteiger partial charge in [-0.05, 0) is 30.7 Å². The molecule has 0 amide bonds. The smallest absolute Gasteiger partial charge is 0.229 e. The van der Waals surface area contributed by atoms with Crippen molar-refractivity contribution in [3.63, 3.8) is 0 Å². The zero-order valence-electron chi connectivity index (χ0n) is 12.5. The maximum Gasteiger partial charge on any atom is 0.229 e. The molecule has 3 rings (SSSR count). The number of aromatic amines is 1. The first-order valence-corrected chi connectivity index (χ1v) is 7.81. The van der Waals surface area contributed by atoms with Crippen LogP contribution in [0.5, 0.6) is 0 Å². The van der Waals surface area contributed by atoms with E-state index < -0.39 is 0 Å². The predicted octanol–water partition coefficient (Wildman–Crippen LogP) is 3.66. The molecule has 0 radical (unpaired) electrons. The summed E-state index contributed by atoms with van der Waals surface area (Å²) in [5.41, 5.74) is 0.881. The Morgan fingerprint density at radius 3 is 2.70 bits per heavy atom. The highest BCUT2D eigenvalue weighted by atomic mass is 32.2. The van der Waals surface area contributed by atoms with E-state index in [0.717, 1.165) is 5.56 Å². The lowest BCUT2D eigenvalue weighted by Gasteiger charge is -2.01. The van der Waals surface area contributed by atoms with E-state index in [4.69, 9.17) is 4.42 Å². The summed E-state index contributed by atoms with van der Waals surface area (Å²) in [6.45, 7) is 3.70. The minimum absolute atomic E-state index is 0.0408. The van der Waals surface area contributed by atoms with E-state index in [1.807, 2.05) is 13.0 Å². The van der Waals surface area contributed by atoms with Gasteiger partial charge in [-0.2, -0.15) is 0 Å². The average molecular weight is 331 g/mol. The standard InChI is InChI=1S/C15H14FN5OS/c1-9(14-20-18-10(2)22-14)23-15-17-13(19-21-15)8-5-11-3-6-12(16)7-4-11/h3-9H,1-2H3,(H,17,19,21)/b8-5+/t9-/m1/s1. The molecule has 2 heterocycles. The predicted molar refractivity (Wildman–Crippen MR) is 85.0 cm³/mol. The lowest BCUT2D eigenvalue weighted by molar-refractivity contribution is 0.470. The molecule has 1 aromatic carbocycles. The highest BCUT2D eigenvalue weighted by Gasteiger charge is 2.16. The van der Waals surface area contributed by atoms with Crippen molar-refractivity contribution in [2.75, 3.05) is 0 Å². The minimum Gasteiger partial charge on any atom is -0.424 e. The third kappa shape index (κ3) is 4.04. The van der Waals surface area contributed by atoms with Crippen LogP contribution in [-0.4, -0.2) is 25.4 Å². The number of aromatic nitrogens is 5. The van der Waals surface area contributed by atoms with Gasteiger partial charge in [0.2, 0.25) is 16.9 Å². The summed E-state index contributed by atoms with van der Waals surface area (Å²) in [5.74, 6) is 1.43. The van der Waals surface area contributed by atoms with Gasteiger partial charge in [0.1, 0.15) is 11.6 Å². The molecule has 1 N–H and O–H groups in total. The molecule has 8 heteroatoms.